The first-order valence-corrected chi connectivity index (χ1v) is 5.53. The third-order valence-electron chi connectivity index (χ3n) is 2.77. The van der Waals surface area contributed by atoms with Crippen LogP contribution in [-0.2, 0) is 6.42 Å². The number of hydrogen-bond donors (Lipinski definition) is 0. The number of aryl methyl sites for hydroxylation is 1. The molecule has 0 heterocycles. The highest BCUT2D eigenvalue weighted by atomic mass is 19.1. The predicted octanol–water partition coefficient (Wildman–Crippen LogP) is 3.93. The van der Waals surface area contributed by atoms with Gasteiger partial charge in [0, 0.05) is 5.56 Å². The fraction of sp³-hybridized carbons (Fsp3) is 0.133. The van der Waals surface area contributed by atoms with E-state index in [-0.39, 0.29) is 5.82 Å². The van der Waals surface area contributed by atoms with Crippen molar-refractivity contribution in [3.05, 3.63) is 59.4 Å². The average Bonchev–Trinajstić information content (AvgIpc) is 2.39. The van der Waals surface area contributed by atoms with Crippen LogP contribution in [0, 0.1) is 17.1 Å². The van der Waals surface area contributed by atoms with Gasteiger partial charge in [0.05, 0.1) is 11.6 Å². The molecule has 0 amide bonds. The molecule has 17 heavy (non-hydrogen) atoms. The molecule has 84 valence electrons. The van der Waals surface area contributed by atoms with Gasteiger partial charge in [-0.3, -0.25) is 0 Å². The minimum atomic E-state index is -0.214. The zero-order valence-electron chi connectivity index (χ0n) is 9.57. The molecule has 0 aromatic heterocycles. The lowest BCUT2D eigenvalue weighted by Gasteiger charge is -2.05. The van der Waals surface area contributed by atoms with Crippen molar-refractivity contribution < 1.29 is 4.39 Å². The second-order valence-corrected chi connectivity index (χ2v) is 3.86. The van der Waals surface area contributed by atoms with Gasteiger partial charge < -0.3 is 0 Å². The molecule has 2 heteroatoms. The van der Waals surface area contributed by atoms with Gasteiger partial charge in [0.25, 0.3) is 0 Å². The van der Waals surface area contributed by atoms with Crippen LogP contribution in [0.4, 0.5) is 4.39 Å². The molecule has 0 spiro atoms. The van der Waals surface area contributed by atoms with E-state index in [1.807, 2.05) is 19.1 Å². The highest BCUT2D eigenvalue weighted by Gasteiger charge is 2.05. The monoisotopic (exact) mass is 225 g/mol. The molecule has 2 aromatic rings. The molecule has 0 aliphatic carbocycles. The first kappa shape index (κ1) is 11.3. The summed E-state index contributed by atoms with van der Waals surface area (Å²) in [5, 5.41) is 8.70. The molecule has 0 N–H and O–H groups in total. The SMILES string of the molecule is CCc1ccc(-c2ccc(C#N)cc2)c(F)c1. The standard InChI is InChI=1S/C15H12FN/c1-2-11-5-8-14(15(16)9-11)13-6-3-12(10-17)4-7-13/h3-9H,2H2,1H3. The largest absolute Gasteiger partial charge is 0.206 e. The quantitative estimate of drug-likeness (QED) is 0.759. The minimum absolute atomic E-state index is 0.214. The van der Waals surface area contributed by atoms with Crippen LogP contribution in [0.3, 0.4) is 0 Å². The van der Waals surface area contributed by atoms with Crippen molar-refractivity contribution in [3.63, 3.8) is 0 Å². The first-order valence-electron chi connectivity index (χ1n) is 5.53. The van der Waals surface area contributed by atoms with Gasteiger partial charge in [-0.25, -0.2) is 4.39 Å². The number of nitrogens with zero attached hydrogens (tertiary/aromatic N) is 1. The molecule has 0 saturated carbocycles. The first-order chi connectivity index (χ1) is 8.24. The Bertz CT molecular complexity index is 564. The van der Waals surface area contributed by atoms with Crippen molar-refractivity contribution in [1.29, 1.82) is 5.26 Å². The highest BCUT2D eigenvalue weighted by Crippen LogP contribution is 2.24. The van der Waals surface area contributed by atoms with Crippen molar-refractivity contribution in [2.75, 3.05) is 0 Å². The normalized spacial score (nSPS) is 9.94. The van der Waals surface area contributed by atoms with Crippen LogP contribution in [0.25, 0.3) is 11.1 Å². The Labute approximate surface area is 100 Å². The maximum absolute atomic E-state index is 13.8. The highest BCUT2D eigenvalue weighted by molar-refractivity contribution is 5.65. The number of halogens is 1. The van der Waals surface area contributed by atoms with E-state index in [0.717, 1.165) is 17.5 Å². The van der Waals surface area contributed by atoms with Gasteiger partial charge in [-0.05, 0) is 35.7 Å². The number of rotatable bonds is 2. The molecule has 0 radical (unpaired) electrons. The summed E-state index contributed by atoms with van der Waals surface area (Å²) in [7, 11) is 0. The molecule has 0 bridgehead atoms. The lowest BCUT2D eigenvalue weighted by atomic mass is 10.0. The van der Waals surface area contributed by atoms with Crippen LogP contribution in [0.5, 0.6) is 0 Å². The molecule has 0 saturated heterocycles. The van der Waals surface area contributed by atoms with E-state index in [1.54, 1.807) is 36.4 Å². The van der Waals surface area contributed by atoms with Crippen molar-refractivity contribution in [3.8, 4) is 17.2 Å². The van der Waals surface area contributed by atoms with Gasteiger partial charge in [0.2, 0.25) is 0 Å². The minimum Gasteiger partial charge on any atom is -0.206 e. The summed E-state index contributed by atoms with van der Waals surface area (Å²) in [6.07, 6.45) is 0.824. The maximum atomic E-state index is 13.8. The van der Waals surface area contributed by atoms with Crippen LogP contribution in [0.1, 0.15) is 18.1 Å². The summed E-state index contributed by atoms with van der Waals surface area (Å²) in [4.78, 5) is 0. The lowest BCUT2D eigenvalue weighted by molar-refractivity contribution is 0.629. The van der Waals surface area contributed by atoms with E-state index < -0.39 is 0 Å². The third-order valence-corrected chi connectivity index (χ3v) is 2.77. The zero-order valence-corrected chi connectivity index (χ0v) is 9.57. The molecule has 0 atom stereocenters. The van der Waals surface area contributed by atoms with Gasteiger partial charge in [0.15, 0.2) is 0 Å². The Balaban J connectivity index is 2.42. The smallest absolute Gasteiger partial charge is 0.131 e. The Kier molecular flexibility index (Phi) is 3.20. The Morgan fingerprint density at radius 2 is 1.82 bits per heavy atom. The second kappa shape index (κ2) is 4.80. The summed E-state index contributed by atoms with van der Waals surface area (Å²) in [5.74, 6) is -0.214. The molecular formula is C15H12FN. The fourth-order valence-corrected chi connectivity index (χ4v) is 1.74. The predicted molar refractivity (Wildman–Crippen MR) is 65.9 cm³/mol. The van der Waals surface area contributed by atoms with Gasteiger partial charge in [-0.1, -0.05) is 31.2 Å². The fourth-order valence-electron chi connectivity index (χ4n) is 1.74. The summed E-state index contributed by atoms with van der Waals surface area (Å²) in [6, 6.07) is 14.2. The van der Waals surface area contributed by atoms with E-state index in [9.17, 15) is 4.39 Å². The molecule has 2 rings (SSSR count). The molecule has 0 aliphatic rings. The van der Waals surface area contributed by atoms with Gasteiger partial charge in [-0.15, -0.1) is 0 Å². The van der Waals surface area contributed by atoms with Gasteiger partial charge >= 0.3 is 0 Å². The van der Waals surface area contributed by atoms with Crippen LogP contribution in [0.2, 0.25) is 0 Å². The Morgan fingerprint density at radius 3 is 2.35 bits per heavy atom. The summed E-state index contributed by atoms with van der Waals surface area (Å²) in [6.45, 7) is 2.00. The van der Waals surface area contributed by atoms with Crippen molar-refractivity contribution >= 4 is 0 Å². The number of nitriles is 1. The molecule has 0 unspecified atom stereocenters. The van der Waals surface area contributed by atoms with Crippen LogP contribution >= 0.6 is 0 Å². The zero-order chi connectivity index (χ0) is 12.3. The maximum Gasteiger partial charge on any atom is 0.131 e. The summed E-state index contributed by atoms with van der Waals surface area (Å²) < 4.78 is 13.8. The molecule has 0 fully saturated rings. The summed E-state index contributed by atoms with van der Waals surface area (Å²) in [5.41, 5.74) is 2.94. The Hall–Kier alpha value is -2.14. The van der Waals surface area contributed by atoms with Crippen molar-refractivity contribution in [1.82, 2.24) is 0 Å². The molecule has 0 aliphatic heterocycles. The average molecular weight is 225 g/mol. The second-order valence-electron chi connectivity index (χ2n) is 3.86. The Morgan fingerprint density at radius 1 is 1.12 bits per heavy atom. The number of hydrogen-bond acceptors (Lipinski definition) is 1. The van der Waals surface area contributed by atoms with E-state index >= 15 is 0 Å². The van der Waals surface area contributed by atoms with Crippen LogP contribution < -0.4 is 0 Å². The lowest BCUT2D eigenvalue weighted by Crippen LogP contribution is -1.88. The van der Waals surface area contributed by atoms with E-state index in [2.05, 4.69) is 0 Å². The third kappa shape index (κ3) is 2.34. The molecule has 2 aromatic carbocycles. The van der Waals surface area contributed by atoms with Crippen molar-refractivity contribution in [2.45, 2.75) is 13.3 Å². The van der Waals surface area contributed by atoms with Gasteiger partial charge in [0.1, 0.15) is 5.82 Å². The van der Waals surface area contributed by atoms with Crippen molar-refractivity contribution in [2.24, 2.45) is 0 Å². The van der Waals surface area contributed by atoms with E-state index in [0.29, 0.717) is 11.1 Å². The molecule has 1 nitrogen and oxygen atoms in total. The van der Waals surface area contributed by atoms with Crippen LogP contribution in [0.15, 0.2) is 42.5 Å². The van der Waals surface area contributed by atoms with E-state index in [1.165, 1.54) is 0 Å². The van der Waals surface area contributed by atoms with Crippen LogP contribution in [-0.4, -0.2) is 0 Å². The topological polar surface area (TPSA) is 23.8 Å². The van der Waals surface area contributed by atoms with Gasteiger partial charge in [-0.2, -0.15) is 5.26 Å². The molecular weight excluding hydrogens is 213 g/mol. The number of benzene rings is 2. The van der Waals surface area contributed by atoms with E-state index in [4.69, 9.17) is 5.26 Å². The summed E-state index contributed by atoms with van der Waals surface area (Å²) >= 11 is 0.